The van der Waals surface area contributed by atoms with Gasteiger partial charge in [0, 0.05) is 30.5 Å². The van der Waals surface area contributed by atoms with Crippen LogP contribution in [0.3, 0.4) is 0 Å². The van der Waals surface area contributed by atoms with E-state index in [1.165, 1.54) is 0 Å². The van der Waals surface area contributed by atoms with Gasteiger partial charge in [-0.2, -0.15) is 10.1 Å². The minimum atomic E-state index is 0.464. The molecule has 1 fully saturated rings. The molecule has 8 heteroatoms. The Hall–Kier alpha value is -2.74. The molecule has 0 atom stereocenters. The molecule has 4 heterocycles. The highest BCUT2D eigenvalue weighted by molar-refractivity contribution is 5.55. The monoisotopic (exact) mass is 340 g/mol. The minimum Gasteiger partial charge on any atom is -0.378 e. The van der Waals surface area contributed by atoms with Gasteiger partial charge >= 0.3 is 0 Å². The van der Waals surface area contributed by atoms with E-state index in [0.29, 0.717) is 18.3 Å². The van der Waals surface area contributed by atoms with Crippen molar-refractivity contribution in [2.24, 2.45) is 0 Å². The Labute approximate surface area is 145 Å². The number of morpholine rings is 1. The van der Waals surface area contributed by atoms with Gasteiger partial charge in [0.1, 0.15) is 12.4 Å². The molecule has 4 rings (SSSR count). The molecule has 0 aromatic carbocycles. The summed E-state index contributed by atoms with van der Waals surface area (Å²) in [4.78, 5) is 11.2. The molecule has 0 amide bonds. The van der Waals surface area contributed by atoms with E-state index >= 15 is 0 Å². The average Bonchev–Trinajstić information content (AvgIpc) is 3.22. The van der Waals surface area contributed by atoms with Crippen molar-refractivity contribution in [3.05, 3.63) is 41.7 Å². The lowest BCUT2D eigenvalue weighted by Crippen LogP contribution is -2.36. The summed E-state index contributed by atoms with van der Waals surface area (Å²) in [7, 11) is 0. The smallest absolute Gasteiger partial charge is 0.248 e. The molecule has 0 radical (unpaired) electrons. The Balaban J connectivity index is 1.48. The normalized spacial score (nSPS) is 14.9. The first-order valence-corrected chi connectivity index (χ1v) is 8.32. The van der Waals surface area contributed by atoms with Crippen LogP contribution in [0.4, 0.5) is 5.82 Å². The van der Waals surface area contributed by atoms with Crippen molar-refractivity contribution in [3.63, 3.8) is 0 Å². The first kappa shape index (κ1) is 15.8. The molecular weight excluding hydrogens is 320 g/mol. The Morgan fingerprint density at radius 2 is 2.00 bits per heavy atom. The fraction of sp³-hybridized carbons (Fsp3) is 0.412. The summed E-state index contributed by atoms with van der Waals surface area (Å²) in [5.41, 5.74) is 2.87. The molecule has 0 spiro atoms. The van der Waals surface area contributed by atoms with Crippen LogP contribution in [-0.2, 0) is 11.3 Å². The van der Waals surface area contributed by atoms with E-state index in [2.05, 4.69) is 25.1 Å². The van der Waals surface area contributed by atoms with Crippen molar-refractivity contribution >= 4 is 5.82 Å². The third-order valence-electron chi connectivity index (χ3n) is 4.20. The van der Waals surface area contributed by atoms with Gasteiger partial charge in [-0.05, 0) is 32.0 Å². The molecule has 25 heavy (non-hydrogen) atoms. The van der Waals surface area contributed by atoms with Crippen LogP contribution in [0, 0.1) is 13.8 Å². The van der Waals surface area contributed by atoms with Gasteiger partial charge in [-0.15, -0.1) is 0 Å². The van der Waals surface area contributed by atoms with E-state index < -0.39 is 0 Å². The van der Waals surface area contributed by atoms with Gasteiger partial charge in [-0.25, -0.2) is 4.98 Å². The Morgan fingerprint density at radius 3 is 2.68 bits per heavy atom. The van der Waals surface area contributed by atoms with E-state index in [9.17, 15) is 0 Å². The lowest BCUT2D eigenvalue weighted by Gasteiger charge is -2.27. The fourth-order valence-corrected chi connectivity index (χ4v) is 2.90. The molecule has 1 aliphatic heterocycles. The van der Waals surface area contributed by atoms with Crippen molar-refractivity contribution in [2.75, 3.05) is 31.2 Å². The van der Waals surface area contributed by atoms with Crippen molar-refractivity contribution in [1.29, 1.82) is 0 Å². The van der Waals surface area contributed by atoms with Crippen LogP contribution in [-0.4, -0.2) is 51.2 Å². The zero-order valence-corrected chi connectivity index (χ0v) is 14.3. The number of anilines is 1. The molecule has 8 nitrogen and oxygen atoms in total. The number of nitrogens with zero attached hydrogens (tertiary/aromatic N) is 6. The fourth-order valence-electron chi connectivity index (χ4n) is 2.90. The molecule has 3 aromatic rings. The predicted octanol–water partition coefficient (Wildman–Crippen LogP) is 1.83. The first-order valence-electron chi connectivity index (χ1n) is 8.32. The number of ether oxygens (including phenoxy) is 1. The molecule has 1 saturated heterocycles. The summed E-state index contributed by atoms with van der Waals surface area (Å²) in [5, 5.41) is 8.47. The Kier molecular flexibility index (Phi) is 4.19. The lowest BCUT2D eigenvalue weighted by atomic mass is 10.2. The molecule has 1 aliphatic rings. The first-order chi connectivity index (χ1) is 12.2. The summed E-state index contributed by atoms with van der Waals surface area (Å²) >= 11 is 0. The molecule has 0 unspecified atom stereocenters. The van der Waals surface area contributed by atoms with Crippen molar-refractivity contribution < 1.29 is 9.26 Å². The maximum absolute atomic E-state index is 5.37. The van der Waals surface area contributed by atoms with Crippen LogP contribution < -0.4 is 4.90 Å². The van der Waals surface area contributed by atoms with E-state index in [1.54, 1.807) is 6.20 Å². The van der Waals surface area contributed by atoms with Crippen LogP contribution in [0.15, 0.2) is 28.9 Å². The zero-order chi connectivity index (χ0) is 17.2. The largest absolute Gasteiger partial charge is 0.378 e. The number of hydrogen-bond acceptors (Lipinski definition) is 7. The third-order valence-corrected chi connectivity index (χ3v) is 4.20. The summed E-state index contributed by atoms with van der Waals surface area (Å²) in [6.45, 7) is 7.64. The lowest BCUT2D eigenvalue weighted by molar-refractivity contribution is 0.122. The average molecular weight is 340 g/mol. The molecule has 130 valence electrons. The highest BCUT2D eigenvalue weighted by Gasteiger charge is 2.14. The second kappa shape index (κ2) is 6.64. The van der Waals surface area contributed by atoms with Gasteiger partial charge in [0.15, 0.2) is 0 Å². The molecule has 0 N–H and O–H groups in total. The van der Waals surface area contributed by atoms with Crippen molar-refractivity contribution in [2.45, 2.75) is 20.4 Å². The number of hydrogen-bond donors (Lipinski definition) is 0. The molecular formula is C17H20N6O2. The number of aryl methyl sites for hydroxylation is 2. The van der Waals surface area contributed by atoms with Gasteiger partial charge in [0.05, 0.1) is 18.9 Å². The number of pyridine rings is 1. The topological polar surface area (TPSA) is 82.1 Å². The van der Waals surface area contributed by atoms with E-state index in [-0.39, 0.29) is 0 Å². The van der Waals surface area contributed by atoms with Gasteiger partial charge in [0.25, 0.3) is 0 Å². The summed E-state index contributed by atoms with van der Waals surface area (Å²) in [6.07, 6.45) is 1.78. The molecule has 3 aromatic heterocycles. The van der Waals surface area contributed by atoms with Crippen LogP contribution >= 0.6 is 0 Å². The molecule has 0 saturated carbocycles. The van der Waals surface area contributed by atoms with Crippen molar-refractivity contribution in [1.82, 2.24) is 24.9 Å². The van der Waals surface area contributed by atoms with Crippen LogP contribution in [0.2, 0.25) is 0 Å². The second-order valence-corrected chi connectivity index (χ2v) is 6.10. The van der Waals surface area contributed by atoms with E-state index in [4.69, 9.17) is 9.26 Å². The van der Waals surface area contributed by atoms with Gasteiger partial charge in [-0.3, -0.25) is 4.68 Å². The molecule has 0 bridgehead atoms. The van der Waals surface area contributed by atoms with Gasteiger partial charge < -0.3 is 14.2 Å². The maximum Gasteiger partial charge on any atom is 0.248 e. The predicted molar refractivity (Wildman–Crippen MR) is 91.4 cm³/mol. The standard InChI is InChI=1S/C17H20N6O2/c1-12-9-13(2)23(20-12)11-16-19-17(21-25-16)14-3-4-15(18-10-14)22-5-7-24-8-6-22/h3-4,9-10H,5-8,11H2,1-2H3. The third kappa shape index (κ3) is 3.39. The van der Waals surface area contributed by atoms with E-state index in [0.717, 1.165) is 49.1 Å². The number of aromatic nitrogens is 5. The van der Waals surface area contributed by atoms with Crippen LogP contribution in [0.1, 0.15) is 17.3 Å². The quantitative estimate of drug-likeness (QED) is 0.716. The second-order valence-electron chi connectivity index (χ2n) is 6.10. The summed E-state index contributed by atoms with van der Waals surface area (Å²) < 4.78 is 12.6. The van der Waals surface area contributed by atoms with Crippen LogP contribution in [0.5, 0.6) is 0 Å². The maximum atomic E-state index is 5.37. The van der Waals surface area contributed by atoms with Gasteiger partial charge in [0.2, 0.25) is 11.7 Å². The Morgan fingerprint density at radius 1 is 1.16 bits per heavy atom. The van der Waals surface area contributed by atoms with Crippen LogP contribution in [0.25, 0.3) is 11.4 Å². The highest BCUT2D eigenvalue weighted by atomic mass is 16.5. The van der Waals surface area contributed by atoms with Gasteiger partial charge in [-0.1, -0.05) is 5.16 Å². The number of rotatable bonds is 4. The Bertz CT molecular complexity index is 848. The SMILES string of the molecule is Cc1cc(C)n(Cc2nc(-c3ccc(N4CCOCC4)nc3)no2)n1. The van der Waals surface area contributed by atoms with Crippen molar-refractivity contribution in [3.8, 4) is 11.4 Å². The summed E-state index contributed by atoms with van der Waals surface area (Å²) in [6, 6.07) is 5.97. The summed E-state index contributed by atoms with van der Waals surface area (Å²) in [5.74, 6) is 2.01. The highest BCUT2D eigenvalue weighted by Crippen LogP contribution is 2.19. The zero-order valence-electron chi connectivity index (χ0n) is 14.3. The molecule has 0 aliphatic carbocycles. The van der Waals surface area contributed by atoms with E-state index in [1.807, 2.05) is 36.7 Å². The minimum absolute atomic E-state index is 0.464.